The summed E-state index contributed by atoms with van der Waals surface area (Å²) in [5, 5.41) is 8.88. The smallest absolute Gasteiger partial charge is 0.335 e. The van der Waals surface area contributed by atoms with Gasteiger partial charge in [-0.2, -0.15) is 0 Å². The summed E-state index contributed by atoms with van der Waals surface area (Å²) >= 11 is 0. The van der Waals surface area contributed by atoms with Gasteiger partial charge in [0, 0.05) is 0 Å². The fourth-order valence-corrected chi connectivity index (χ4v) is 1.88. The molecule has 1 fully saturated rings. The van der Waals surface area contributed by atoms with Crippen molar-refractivity contribution in [2.45, 2.75) is 18.3 Å². The number of carboxylic acids is 1. The van der Waals surface area contributed by atoms with Crippen LogP contribution >= 0.6 is 0 Å². The van der Waals surface area contributed by atoms with E-state index in [0.717, 1.165) is 18.4 Å². The van der Waals surface area contributed by atoms with E-state index in [4.69, 9.17) is 9.84 Å². The number of hydrogen-bond acceptors (Lipinski definition) is 3. The molecule has 16 heavy (non-hydrogen) atoms. The van der Waals surface area contributed by atoms with Crippen LogP contribution in [0, 0.1) is 0 Å². The van der Waals surface area contributed by atoms with Crippen molar-refractivity contribution in [3.63, 3.8) is 0 Å². The van der Waals surface area contributed by atoms with Crippen molar-refractivity contribution in [1.82, 2.24) is 0 Å². The quantitative estimate of drug-likeness (QED) is 0.785. The summed E-state index contributed by atoms with van der Waals surface area (Å²) in [6, 6.07) is 6.49. The van der Waals surface area contributed by atoms with E-state index in [9.17, 15) is 9.59 Å². The molecule has 0 spiro atoms. The molecule has 0 atom stereocenters. The highest BCUT2D eigenvalue weighted by molar-refractivity contribution is 5.90. The summed E-state index contributed by atoms with van der Waals surface area (Å²) in [7, 11) is 1.35. The summed E-state index contributed by atoms with van der Waals surface area (Å²) in [6.45, 7) is 0. The molecular weight excluding hydrogens is 208 g/mol. The van der Waals surface area contributed by atoms with Crippen LogP contribution < -0.4 is 0 Å². The molecule has 1 saturated carbocycles. The number of benzene rings is 1. The van der Waals surface area contributed by atoms with E-state index < -0.39 is 11.4 Å². The molecular formula is C12H12O4. The first-order chi connectivity index (χ1) is 7.60. The van der Waals surface area contributed by atoms with Crippen LogP contribution in [-0.4, -0.2) is 24.2 Å². The molecule has 0 bridgehead atoms. The van der Waals surface area contributed by atoms with Crippen LogP contribution in [0.1, 0.15) is 28.8 Å². The number of esters is 1. The minimum absolute atomic E-state index is 0.202. The van der Waals surface area contributed by atoms with Crippen molar-refractivity contribution in [2.75, 3.05) is 7.11 Å². The lowest BCUT2D eigenvalue weighted by molar-refractivity contribution is -0.143. The van der Waals surface area contributed by atoms with Gasteiger partial charge in [0.2, 0.25) is 0 Å². The minimum Gasteiger partial charge on any atom is -0.478 e. The van der Waals surface area contributed by atoms with E-state index >= 15 is 0 Å². The van der Waals surface area contributed by atoms with Crippen LogP contribution in [-0.2, 0) is 14.9 Å². The SMILES string of the molecule is COC(=O)C1(c2cccc(C(=O)O)c2)CC1. The number of carbonyl (C=O) groups is 2. The first-order valence-corrected chi connectivity index (χ1v) is 5.02. The second-order valence-corrected chi connectivity index (χ2v) is 3.96. The Morgan fingerprint density at radius 1 is 1.38 bits per heavy atom. The second kappa shape index (κ2) is 3.63. The summed E-state index contributed by atoms with van der Waals surface area (Å²) < 4.78 is 4.75. The third kappa shape index (κ3) is 1.56. The molecule has 1 N–H and O–H groups in total. The number of carboxylic acid groups (broad SMARTS) is 1. The Hall–Kier alpha value is -1.84. The minimum atomic E-state index is -0.984. The summed E-state index contributed by atoms with van der Waals surface area (Å²) in [6.07, 6.45) is 1.45. The molecule has 1 aliphatic rings. The maximum absolute atomic E-state index is 11.6. The van der Waals surface area contributed by atoms with Crippen LogP contribution in [0.25, 0.3) is 0 Å². The van der Waals surface area contributed by atoms with Crippen molar-refractivity contribution in [3.8, 4) is 0 Å². The molecule has 84 valence electrons. The number of rotatable bonds is 3. The van der Waals surface area contributed by atoms with Gasteiger partial charge in [0.25, 0.3) is 0 Å². The van der Waals surface area contributed by atoms with Gasteiger partial charge >= 0.3 is 11.9 Å². The van der Waals surface area contributed by atoms with Crippen molar-refractivity contribution in [1.29, 1.82) is 0 Å². The summed E-state index contributed by atoms with van der Waals surface area (Å²) in [5.41, 5.74) is 0.340. The third-order valence-corrected chi connectivity index (χ3v) is 2.99. The fourth-order valence-electron chi connectivity index (χ4n) is 1.88. The molecule has 1 aromatic carbocycles. The lowest BCUT2D eigenvalue weighted by atomic mass is 9.94. The molecule has 0 heterocycles. The Balaban J connectivity index is 2.38. The van der Waals surface area contributed by atoms with E-state index in [0.29, 0.717) is 0 Å². The molecule has 0 aromatic heterocycles. The maximum atomic E-state index is 11.6. The van der Waals surface area contributed by atoms with Gasteiger partial charge in [0.05, 0.1) is 18.1 Å². The van der Waals surface area contributed by atoms with E-state index in [1.165, 1.54) is 13.2 Å². The molecule has 0 saturated heterocycles. The van der Waals surface area contributed by atoms with E-state index in [1.807, 2.05) is 0 Å². The Morgan fingerprint density at radius 2 is 2.06 bits per heavy atom. The Bertz CT molecular complexity index is 446. The van der Waals surface area contributed by atoms with Crippen LogP contribution in [0.5, 0.6) is 0 Å². The highest BCUT2D eigenvalue weighted by Gasteiger charge is 2.52. The van der Waals surface area contributed by atoms with Gasteiger partial charge in [0.15, 0.2) is 0 Å². The number of ether oxygens (including phenoxy) is 1. The monoisotopic (exact) mass is 220 g/mol. The summed E-state index contributed by atoms with van der Waals surface area (Å²) in [4.78, 5) is 22.4. The van der Waals surface area contributed by atoms with Crippen molar-refractivity contribution >= 4 is 11.9 Å². The molecule has 4 nitrogen and oxygen atoms in total. The van der Waals surface area contributed by atoms with Gasteiger partial charge in [-0.15, -0.1) is 0 Å². The van der Waals surface area contributed by atoms with Gasteiger partial charge < -0.3 is 9.84 Å². The van der Waals surface area contributed by atoms with Gasteiger partial charge in [-0.25, -0.2) is 4.79 Å². The lowest BCUT2D eigenvalue weighted by Gasteiger charge is -2.13. The zero-order chi connectivity index (χ0) is 11.8. The van der Waals surface area contributed by atoms with Crippen LogP contribution in [0.3, 0.4) is 0 Å². The molecule has 0 unspecified atom stereocenters. The van der Waals surface area contributed by atoms with Crippen molar-refractivity contribution < 1.29 is 19.4 Å². The topological polar surface area (TPSA) is 63.6 Å². The van der Waals surface area contributed by atoms with E-state index in [1.54, 1.807) is 18.2 Å². The van der Waals surface area contributed by atoms with Gasteiger partial charge in [-0.3, -0.25) is 4.79 Å². The number of hydrogen-bond donors (Lipinski definition) is 1. The Labute approximate surface area is 92.8 Å². The predicted molar refractivity (Wildman–Crippen MR) is 56.3 cm³/mol. The third-order valence-electron chi connectivity index (χ3n) is 2.99. The van der Waals surface area contributed by atoms with Gasteiger partial charge in [-0.1, -0.05) is 12.1 Å². The molecule has 0 aliphatic heterocycles. The number of methoxy groups -OCH3 is 1. The van der Waals surface area contributed by atoms with Crippen LogP contribution in [0.15, 0.2) is 24.3 Å². The molecule has 0 amide bonds. The largest absolute Gasteiger partial charge is 0.478 e. The van der Waals surface area contributed by atoms with Crippen LogP contribution in [0.4, 0.5) is 0 Å². The average molecular weight is 220 g/mol. The Kier molecular flexibility index (Phi) is 2.42. The maximum Gasteiger partial charge on any atom is 0.335 e. The highest BCUT2D eigenvalue weighted by Crippen LogP contribution is 2.49. The van der Waals surface area contributed by atoms with Crippen LogP contribution in [0.2, 0.25) is 0 Å². The fraction of sp³-hybridized carbons (Fsp3) is 0.333. The zero-order valence-electron chi connectivity index (χ0n) is 8.90. The average Bonchev–Trinajstić information content (AvgIpc) is 3.09. The standard InChI is InChI=1S/C12H12O4/c1-16-11(15)12(5-6-12)9-4-2-3-8(7-9)10(13)14/h2-4,7H,5-6H2,1H3,(H,13,14). The Morgan fingerprint density at radius 3 is 2.56 bits per heavy atom. The lowest BCUT2D eigenvalue weighted by Crippen LogP contribution is -2.22. The second-order valence-electron chi connectivity index (χ2n) is 3.96. The van der Waals surface area contributed by atoms with Gasteiger partial charge in [-0.05, 0) is 30.5 Å². The van der Waals surface area contributed by atoms with E-state index in [2.05, 4.69) is 0 Å². The molecule has 4 heteroatoms. The van der Waals surface area contributed by atoms with E-state index in [-0.39, 0.29) is 11.5 Å². The molecule has 1 aliphatic carbocycles. The van der Waals surface area contributed by atoms with Gasteiger partial charge in [0.1, 0.15) is 0 Å². The zero-order valence-corrected chi connectivity index (χ0v) is 8.90. The predicted octanol–water partition coefficient (Wildman–Crippen LogP) is 1.59. The number of carbonyl (C=O) groups excluding carboxylic acids is 1. The normalized spacial score (nSPS) is 16.6. The molecule has 1 aromatic rings. The van der Waals surface area contributed by atoms with Crippen molar-refractivity contribution in [2.24, 2.45) is 0 Å². The number of aromatic carboxylic acids is 1. The molecule has 2 rings (SSSR count). The first-order valence-electron chi connectivity index (χ1n) is 5.02. The first kappa shape index (κ1) is 10.7. The van der Waals surface area contributed by atoms with Crippen molar-refractivity contribution in [3.05, 3.63) is 35.4 Å². The summed E-state index contributed by atoms with van der Waals surface area (Å²) in [5.74, 6) is -1.27. The highest BCUT2D eigenvalue weighted by atomic mass is 16.5. The molecule has 0 radical (unpaired) electrons.